The Labute approximate surface area is 127 Å². The van der Waals surface area contributed by atoms with Crippen molar-refractivity contribution >= 4 is 0 Å². The highest BCUT2D eigenvalue weighted by Gasteiger charge is 2.28. The number of hydrogen-bond acceptors (Lipinski definition) is 2. The van der Waals surface area contributed by atoms with E-state index in [1.165, 1.54) is 16.7 Å². The molecule has 0 radical (unpaired) electrons. The van der Waals surface area contributed by atoms with E-state index in [1.54, 1.807) is 0 Å². The van der Waals surface area contributed by atoms with Crippen molar-refractivity contribution in [1.29, 1.82) is 0 Å². The second kappa shape index (κ2) is 5.90. The van der Waals surface area contributed by atoms with Gasteiger partial charge in [-0.2, -0.15) is 0 Å². The van der Waals surface area contributed by atoms with Crippen molar-refractivity contribution in [2.45, 2.75) is 32.9 Å². The molecular formula is C19H23NO. The summed E-state index contributed by atoms with van der Waals surface area (Å²) >= 11 is 0. The van der Waals surface area contributed by atoms with Crippen molar-refractivity contribution in [3.8, 4) is 5.75 Å². The molecule has 0 aliphatic carbocycles. The molecule has 1 heterocycles. The van der Waals surface area contributed by atoms with Gasteiger partial charge in [-0.1, -0.05) is 55.0 Å². The summed E-state index contributed by atoms with van der Waals surface area (Å²) in [6.07, 6.45) is 0. The summed E-state index contributed by atoms with van der Waals surface area (Å²) < 4.78 is 5.83. The lowest BCUT2D eigenvalue weighted by molar-refractivity contribution is 0.182. The lowest BCUT2D eigenvalue weighted by atomic mass is 9.90. The summed E-state index contributed by atoms with van der Waals surface area (Å²) in [6.45, 7) is 7.40. The molecule has 2 nitrogen and oxygen atoms in total. The number of hydrogen-bond donors (Lipinski definition) is 1. The monoisotopic (exact) mass is 281 g/mol. The Hall–Kier alpha value is -1.80. The third-order valence-corrected chi connectivity index (χ3v) is 4.30. The zero-order chi connectivity index (χ0) is 14.8. The minimum atomic E-state index is 0.323. The normalized spacial score (nSPS) is 22.2. The Kier molecular flexibility index (Phi) is 3.98. The van der Waals surface area contributed by atoms with Gasteiger partial charge in [-0.15, -0.1) is 0 Å². The van der Waals surface area contributed by atoms with E-state index >= 15 is 0 Å². The first-order chi connectivity index (χ1) is 10.1. The van der Waals surface area contributed by atoms with Gasteiger partial charge in [0.1, 0.15) is 5.75 Å². The fourth-order valence-corrected chi connectivity index (χ4v) is 3.05. The van der Waals surface area contributed by atoms with Crippen LogP contribution in [-0.2, 0) is 0 Å². The zero-order valence-electron chi connectivity index (χ0n) is 13.0. The quantitative estimate of drug-likeness (QED) is 0.899. The van der Waals surface area contributed by atoms with Gasteiger partial charge in [-0.3, -0.25) is 0 Å². The average Bonchev–Trinajstić information content (AvgIpc) is 2.50. The van der Waals surface area contributed by atoms with Crippen LogP contribution in [0.25, 0.3) is 0 Å². The maximum atomic E-state index is 5.83. The highest BCUT2D eigenvalue weighted by molar-refractivity contribution is 5.38. The lowest BCUT2D eigenvalue weighted by Crippen LogP contribution is -2.35. The van der Waals surface area contributed by atoms with Crippen LogP contribution in [0.2, 0.25) is 0 Å². The van der Waals surface area contributed by atoms with E-state index in [2.05, 4.69) is 68.6 Å². The molecular weight excluding hydrogens is 258 g/mol. The molecule has 2 unspecified atom stereocenters. The molecule has 3 atom stereocenters. The van der Waals surface area contributed by atoms with Crippen molar-refractivity contribution in [2.24, 2.45) is 5.92 Å². The van der Waals surface area contributed by atoms with Gasteiger partial charge in [0.2, 0.25) is 0 Å². The maximum Gasteiger partial charge on any atom is 0.124 e. The molecule has 0 fully saturated rings. The summed E-state index contributed by atoms with van der Waals surface area (Å²) in [5.41, 5.74) is 3.92. The van der Waals surface area contributed by atoms with E-state index < -0.39 is 0 Å². The molecule has 0 saturated carbocycles. The molecule has 0 saturated heterocycles. The number of para-hydroxylation sites is 1. The third kappa shape index (κ3) is 2.96. The van der Waals surface area contributed by atoms with Gasteiger partial charge in [-0.25, -0.2) is 0 Å². The number of ether oxygens (including phenoxy) is 1. The smallest absolute Gasteiger partial charge is 0.124 e. The first kappa shape index (κ1) is 14.2. The Morgan fingerprint density at radius 1 is 1.14 bits per heavy atom. The predicted molar refractivity (Wildman–Crippen MR) is 86.6 cm³/mol. The van der Waals surface area contributed by atoms with E-state index in [1.807, 2.05) is 6.07 Å². The van der Waals surface area contributed by atoms with Crippen molar-refractivity contribution in [3.05, 3.63) is 65.2 Å². The van der Waals surface area contributed by atoms with Crippen molar-refractivity contribution in [2.75, 3.05) is 6.61 Å². The van der Waals surface area contributed by atoms with Crippen LogP contribution in [0, 0.1) is 12.8 Å². The Balaban J connectivity index is 1.84. The number of aryl methyl sites for hydroxylation is 1. The van der Waals surface area contributed by atoms with Crippen LogP contribution in [0.4, 0.5) is 0 Å². The second-order valence-corrected chi connectivity index (χ2v) is 6.11. The Bertz CT molecular complexity index is 622. The van der Waals surface area contributed by atoms with Crippen LogP contribution in [0.3, 0.4) is 0 Å². The molecule has 2 aromatic carbocycles. The van der Waals surface area contributed by atoms with Gasteiger partial charge in [0.15, 0.2) is 0 Å². The molecule has 0 aromatic heterocycles. The summed E-state index contributed by atoms with van der Waals surface area (Å²) in [4.78, 5) is 0. The van der Waals surface area contributed by atoms with Crippen LogP contribution in [0.15, 0.2) is 48.5 Å². The maximum absolute atomic E-state index is 5.83. The second-order valence-electron chi connectivity index (χ2n) is 6.11. The Morgan fingerprint density at radius 2 is 1.95 bits per heavy atom. The summed E-state index contributed by atoms with van der Waals surface area (Å²) in [6, 6.07) is 17.7. The van der Waals surface area contributed by atoms with Gasteiger partial charge in [0.05, 0.1) is 6.61 Å². The van der Waals surface area contributed by atoms with Crippen LogP contribution < -0.4 is 10.1 Å². The summed E-state index contributed by atoms with van der Waals surface area (Å²) in [5.74, 6) is 1.48. The van der Waals surface area contributed by atoms with Gasteiger partial charge in [0.25, 0.3) is 0 Å². The molecule has 1 aliphatic heterocycles. The molecule has 3 rings (SSSR count). The molecule has 110 valence electrons. The Morgan fingerprint density at radius 3 is 2.76 bits per heavy atom. The van der Waals surface area contributed by atoms with Crippen LogP contribution >= 0.6 is 0 Å². The van der Waals surface area contributed by atoms with E-state index in [4.69, 9.17) is 4.74 Å². The summed E-state index contributed by atoms with van der Waals surface area (Å²) in [5, 5.41) is 3.79. The lowest BCUT2D eigenvalue weighted by Gasteiger charge is -2.34. The molecule has 0 spiro atoms. The number of rotatable bonds is 3. The molecule has 2 aromatic rings. The van der Waals surface area contributed by atoms with E-state index in [9.17, 15) is 0 Å². The first-order valence-electron chi connectivity index (χ1n) is 7.69. The highest BCUT2D eigenvalue weighted by Crippen LogP contribution is 2.36. The van der Waals surface area contributed by atoms with E-state index in [0.717, 1.165) is 12.4 Å². The predicted octanol–water partition coefficient (Wildman–Crippen LogP) is 4.42. The van der Waals surface area contributed by atoms with Gasteiger partial charge < -0.3 is 10.1 Å². The molecule has 0 amide bonds. The minimum Gasteiger partial charge on any atom is -0.493 e. The summed E-state index contributed by atoms with van der Waals surface area (Å²) in [7, 11) is 0. The fraction of sp³-hybridized carbons (Fsp3) is 0.368. The van der Waals surface area contributed by atoms with Gasteiger partial charge >= 0.3 is 0 Å². The van der Waals surface area contributed by atoms with Crippen molar-refractivity contribution in [1.82, 2.24) is 5.32 Å². The van der Waals surface area contributed by atoms with Gasteiger partial charge in [-0.05, 0) is 25.5 Å². The molecule has 1 aliphatic rings. The van der Waals surface area contributed by atoms with Crippen molar-refractivity contribution in [3.63, 3.8) is 0 Å². The third-order valence-electron chi connectivity index (χ3n) is 4.30. The van der Waals surface area contributed by atoms with Crippen LogP contribution in [0.1, 0.15) is 42.6 Å². The minimum absolute atomic E-state index is 0.323. The van der Waals surface area contributed by atoms with Crippen LogP contribution in [0.5, 0.6) is 5.75 Å². The SMILES string of the molecule is Cc1cccc([C@@H](C)NC2c3ccccc3OCC2C)c1. The zero-order valence-corrected chi connectivity index (χ0v) is 13.0. The largest absolute Gasteiger partial charge is 0.493 e. The molecule has 1 N–H and O–H groups in total. The van der Waals surface area contributed by atoms with E-state index in [-0.39, 0.29) is 0 Å². The average molecular weight is 281 g/mol. The van der Waals surface area contributed by atoms with Crippen LogP contribution in [-0.4, -0.2) is 6.61 Å². The molecule has 21 heavy (non-hydrogen) atoms. The topological polar surface area (TPSA) is 21.3 Å². The number of fused-ring (bicyclic) bond motifs is 1. The molecule has 0 bridgehead atoms. The van der Waals surface area contributed by atoms with Crippen molar-refractivity contribution < 1.29 is 4.74 Å². The first-order valence-corrected chi connectivity index (χ1v) is 7.69. The highest BCUT2D eigenvalue weighted by atomic mass is 16.5. The number of nitrogens with one attached hydrogen (secondary N) is 1. The fourth-order valence-electron chi connectivity index (χ4n) is 3.05. The number of benzene rings is 2. The van der Waals surface area contributed by atoms with Gasteiger partial charge in [0, 0.05) is 23.6 Å². The molecule has 2 heteroatoms. The van der Waals surface area contributed by atoms with E-state index in [0.29, 0.717) is 18.0 Å². The standard InChI is InChI=1S/C19H23NO/c1-13-7-6-8-16(11-13)15(3)20-19-14(2)12-21-18-10-5-4-9-17(18)19/h4-11,14-15,19-20H,12H2,1-3H3/t14?,15-,19?/m1/s1.